The van der Waals surface area contributed by atoms with E-state index in [1.54, 1.807) is 24.3 Å². The highest BCUT2D eigenvalue weighted by Crippen LogP contribution is 2.20. The fourth-order valence-electron chi connectivity index (χ4n) is 1.77. The van der Waals surface area contributed by atoms with Gasteiger partial charge < -0.3 is 10.6 Å². The minimum Gasteiger partial charge on any atom is -0.380 e. The SMILES string of the molecule is CCc1ccc(C(=O)O/N=C(\N)c2ccc(Cl)cc2Cl)cc1. The summed E-state index contributed by atoms with van der Waals surface area (Å²) < 4.78 is 0. The highest BCUT2D eigenvalue weighted by Gasteiger charge is 2.10. The van der Waals surface area contributed by atoms with Crippen molar-refractivity contribution >= 4 is 35.0 Å². The summed E-state index contributed by atoms with van der Waals surface area (Å²) in [5, 5.41) is 4.43. The molecule has 0 aliphatic carbocycles. The largest absolute Gasteiger partial charge is 0.380 e. The van der Waals surface area contributed by atoms with Gasteiger partial charge in [0.2, 0.25) is 0 Å². The summed E-state index contributed by atoms with van der Waals surface area (Å²) in [5.41, 5.74) is 7.74. The van der Waals surface area contributed by atoms with E-state index in [4.69, 9.17) is 33.8 Å². The number of nitrogens with zero attached hydrogens (tertiary/aromatic N) is 1. The Morgan fingerprint density at radius 2 is 1.86 bits per heavy atom. The topological polar surface area (TPSA) is 64.7 Å². The highest BCUT2D eigenvalue weighted by atomic mass is 35.5. The molecule has 22 heavy (non-hydrogen) atoms. The molecule has 0 aromatic heterocycles. The number of oxime groups is 1. The predicted octanol–water partition coefficient (Wildman–Crippen LogP) is 4.03. The second kappa shape index (κ2) is 7.29. The Morgan fingerprint density at radius 1 is 1.18 bits per heavy atom. The van der Waals surface area contributed by atoms with E-state index in [0.29, 0.717) is 21.2 Å². The Balaban J connectivity index is 2.10. The summed E-state index contributed by atoms with van der Waals surface area (Å²) in [6.45, 7) is 2.04. The second-order valence-corrected chi connectivity index (χ2v) is 5.37. The van der Waals surface area contributed by atoms with E-state index in [1.807, 2.05) is 19.1 Å². The fraction of sp³-hybridized carbons (Fsp3) is 0.125. The predicted molar refractivity (Wildman–Crippen MR) is 88.4 cm³/mol. The van der Waals surface area contributed by atoms with Gasteiger partial charge in [0, 0.05) is 10.6 Å². The molecule has 0 saturated heterocycles. The van der Waals surface area contributed by atoms with E-state index in [1.165, 1.54) is 6.07 Å². The first-order chi connectivity index (χ1) is 10.5. The van der Waals surface area contributed by atoms with Crippen molar-refractivity contribution in [2.24, 2.45) is 10.9 Å². The molecule has 4 nitrogen and oxygen atoms in total. The molecular weight excluding hydrogens is 323 g/mol. The second-order valence-electron chi connectivity index (χ2n) is 4.53. The van der Waals surface area contributed by atoms with Crippen LogP contribution in [-0.2, 0) is 11.3 Å². The van der Waals surface area contributed by atoms with Gasteiger partial charge in [0.15, 0.2) is 5.84 Å². The van der Waals surface area contributed by atoms with E-state index in [2.05, 4.69) is 5.16 Å². The van der Waals surface area contributed by atoms with Crippen LogP contribution in [0, 0.1) is 0 Å². The number of amidine groups is 1. The molecule has 0 atom stereocenters. The summed E-state index contributed by atoms with van der Waals surface area (Å²) in [6, 6.07) is 11.8. The third-order valence-corrected chi connectivity index (χ3v) is 3.58. The molecule has 0 aliphatic heterocycles. The third-order valence-electron chi connectivity index (χ3n) is 3.03. The average molecular weight is 337 g/mol. The molecule has 6 heteroatoms. The lowest BCUT2D eigenvalue weighted by atomic mass is 10.1. The first-order valence-electron chi connectivity index (χ1n) is 6.60. The van der Waals surface area contributed by atoms with Gasteiger partial charge in [0.25, 0.3) is 0 Å². The van der Waals surface area contributed by atoms with Crippen molar-refractivity contribution in [1.29, 1.82) is 0 Å². The zero-order valence-electron chi connectivity index (χ0n) is 11.8. The van der Waals surface area contributed by atoms with Crippen LogP contribution in [0.25, 0.3) is 0 Å². The van der Waals surface area contributed by atoms with Gasteiger partial charge in [-0.25, -0.2) is 4.79 Å². The molecule has 0 amide bonds. The van der Waals surface area contributed by atoms with Gasteiger partial charge in [0.05, 0.1) is 10.6 Å². The molecule has 2 N–H and O–H groups in total. The third kappa shape index (κ3) is 4.00. The quantitative estimate of drug-likeness (QED) is 0.396. The number of hydrogen-bond donors (Lipinski definition) is 1. The number of nitrogens with two attached hydrogens (primary N) is 1. The van der Waals surface area contributed by atoms with E-state index in [9.17, 15) is 4.79 Å². The Bertz CT molecular complexity index is 713. The van der Waals surface area contributed by atoms with Crippen LogP contribution in [0.4, 0.5) is 0 Å². The first-order valence-corrected chi connectivity index (χ1v) is 7.36. The molecule has 0 unspecified atom stereocenters. The van der Waals surface area contributed by atoms with Crippen LogP contribution >= 0.6 is 23.2 Å². The fourth-order valence-corrected chi connectivity index (χ4v) is 2.27. The number of rotatable bonds is 4. The van der Waals surface area contributed by atoms with E-state index in [-0.39, 0.29) is 5.84 Å². The van der Waals surface area contributed by atoms with Crippen LogP contribution in [0.15, 0.2) is 47.6 Å². The molecular formula is C16H14Cl2N2O2. The van der Waals surface area contributed by atoms with Crippen molar-refractivity contribution in [3.63, 3.8) is 0 Å². The molecule has 0 bridgehead atoms. The van der Waals surface area contributed by atoms with Crippen molar-refractivity contribution in [1.82, 2.24) is 0 Å². The van der Waals surface area contributed by atoms with Crippen LogP contribution < -0.4 is 5.73 Å². The van der Waals surface area contributed by atoms with Crippen molar-refractivity contribution in [3.05, 3.63) is 69.2 Å². The van der Waals surface area contributed by atoms with Gasteiger partial charge in [-0.15, -0.1) is 0 Å². The Hall–Kier alpha value is -2.04. The van der Waals surface area contributed by atoms with E-state index >= 15 is 0 Å². The van der Waals surface area contributed by atoms with Crippen LogP contribution in [0.3, 0.4) is 0 Å². The lowest BCUT2D eigenvalue weighted by Crippen LogP contribution is -2.15. The Labute approximate surface area is 138 Å². The molecule has 0 heterocycles. The first kappa shape index (κ1) is 16.3. The minimum atomic E-state index is -0.587. The maximum Gasteiger partial charge on any atom is 0.365 e. The van der Waals surface area contributed by atoms with Crippen molar-refractivity contribution in [2.75, 3.05) is 0 Å². The monoisotopic (exact) mass is 336 g/mol. The zero-order chi connectivity index (χ0) is 16.1. The zero-order valence-corrected chi connectivity index (χ0v) is 13.4. The summed E-state index contributed by atoms with van der Waals surface area (Å²) in [7, 11) is 0. The van der Waals surface area contributed by atoms with Crippen LogP contribution in [-0.4, -0.2) is 11.8 Å². The molecule has 0 aliphatic rings. The number of halogens is 2. The van der Waals surface area contributed by atoms with E-state index < -0.39 is 5.97 Å². The van der Waals surface area contributed by atoms with Gasteiger partial charge in [0.1, 0.15) is 0 Å². The van der Waals surface area contributed by atoms with Gasteiger partial charge in [-0.2, -0.15) is 0 Å². The number of carbonyl (C=O) groups is 1. The lowest BCUT2D eigenvalue weighted by Gasteiger charge is -2.04. The van der Waals surface area contributed by atoms with Gasteiger partial charge in [-0.1, -0.05) is 47.4 Å². The summed E-state index contributed by atoms with van der Waals surface area (Å²) in [5.74, 6) is -0.587. The van der Waals surface area contributed by atoms with Crippen LogP contribution in [0.2, 0.25) is 10.0 Å². The van der Waals surface area contributed by atoms with Crippen LogP contribution in [0.1, 0.15) is 28.4 Å². The summed E-state index contributed by atoms with van der Waals surface area (Å²) >= 11 is 11.8. The number of hydrogen-bond acceptors (Lipinski definition) is 3. The molecule has 0 saturated carbocycles. The Morgan fingerprint density at radius 3 is 2.45 bits per heavy atom. The number of aryl methyl sites for hydroxylation is 1. The molecule has 2 aromatic carbocycles. The average Bonchev–Trinajstić information content (AvgIpc) is 2.52. The normalized spacial score (nSPS) is 11.3. The van der Waals surface area contributed by atoms with Gasteiger partial charge in [-0.05, 0) is 42.3 Å². The standard InChI is InChI=1S/C16H14Cl2N2O2/c1-2-10-3-5-11(6-4-10)16(21)22-20-15(19)13-8-7-12(17)9-14(13)18/h3-9H,2H2,1H3,(H2,19,20). The molecule has 2 rings (SSSR count). The van der Waals surface area contributed by atoms with Gasteiger partial charge >= 0.3 is 5.97 Å². The number of benzene rings is 2. The number of carbonyl (C=O) groups excluding carboxylic acids is 1. The summed E-state index contributed by atoms with van der Waals surface area (Å²) in [6.07, 6.45) is 0.898. The summed E-state index contributed by atoms with van der Waals surface area (Å²) in [4.78, 5) is 16.7. The van der Waals surface area contributed by atoms with Crippen LogP contribution in [0.5, 0.6) is 0 Å². The molecule has 0 radical (unpaired) electrons. The van der Waals surface area contributed by atoms with Crippen molar-refractivity contribution < 1.29 is 9.63 Å². The molecule has 0 spiro atoms. The maximum absolute atomic E-state index is 11.9. The maximum atomic E-state index is 11.9. The molecule has 2 aromatic rings. The lowest BCUT2D eigenvalue weighted by molar-refractivity contribution is 0.0516. The smallest absolute Gasteiger partial charge is 0.365 e. The molecule has 0 fully saturated rings. The minimum absolute atomic E-state index is 0.000181. The highest BCUT2D eigenvalue weighted by molar-refractivity contribution is 6.36. The van der Waals surface area contributed by atoms with Crippen molar-refractivity contribution in [3.8, 4) is 0 Å². The van der Waals surface area contributed by atoms with Crippen molar-refractivity contribution in [2.45, 2.75) is 13.3 Å². The van der Waals surface area contributed by atoms with E-state index in [0.717, 1.165) is 12.0 Å². The Kier molecular flexibility index (Phi) is 5.41. The van der Waals surface area contributed by atoms with Gasteiger partial charge in [-0.3, -0.25) is 0 Å². The molecule has 114 valence electrons.